The van der Waals surface area contributed by atoms with E-state index in [1.54, 1.807) is 13.0 Å². The normalized spacial score (nSPS) is 16.5. The zero-order chi connectivity index (χ0) is 17.5. The SMILES string of the molecule is Cc1ccn(-c2ccc(F)cc2)c(=O)c1C(=O)NC1CC(F)(F)C1. The molecule has 0 radical (unpaired) electrons. The lowest BCUT2D eigenvalue weighted by molar-refractivity contribution is -0.0901. The van der Waals surface area contributed by atoms with Crippen LogP contribution in [-0.4, -0.2) is 22.4 Å². The second-order valence-corrected chi connectivity index (χ2v) is 5.96. The van der Waals surface area contributed by atoms with Gasteiger partial charge in [-0.1, -0.05) is 0 Å². The minimum atomic E-state index is -2.75. The molecular formula is C17H15F3N2O2. The highest BCUT2D eigenvalue weighted by atomic mass is 19.3. The van der Waals surface area contributed by atoms with E-state index in [0.29, 0.717) is 11.3 Å². The Labute approximate surface area is 135 Å². The van der Waals surface area contributed by atoms with Crippen molar-refractivity contribution in [2.24, 2.45) is 0 Å². The second-order valence-electron chi connectivity index (χ2n) is 5.96. The molecule has 1 fully saturated rings. The van der Waals surface area contributed by atoms with Gasteiger partial charge < -0.3 is 5.32 Å². The molecule has 0 atom stereocenters. The van der Waals surface area contributed by atoms with E-state index < -0.39 is 42.1 Å². The van der Waals surface area contributed by atoms with Gasteiger partial charge in [0.25, 0.3) is 17.4 Å². The number of alkyl halides is 2. The minimum absolute atomic E-state index is 0.1000. The number of hydrogen-bond donors (Lipinski definition) is 1. The van der Waals surface area contributed by atoms with Gasteiger partial charge in [-0.25, -0.2) is 13.2 Å². The summed E-state index contributed by atoms with van der Waals surface area (Å²) in [5.41, 5.74) is 0.176. The maximum atomic E-state index is 13.0. The predicted octanol–water partition coefficient (Wildman–Crippen LogP) is 2.81. The molecule has 0 unspecified atom stereocenters. The van der Waals surface area contributed by atoms with Crippen LogP contribution in [0.2, 0.25) is 0 Å². The molecule has 1 amide bonds. The number of aromatic nitrogens is 1. The van der Waals surface area contributed by atoms with Crippen LogP contribution in [0, 0.1) is 12.7 Å². The van der Waals surface area contributed by atoms with E-state index in [1.807, 2.05) is 0 Å². The fraction of sp³-hybridized carbons (Fsp3) is 0.294. The minimum Gasteiger partial charge on any atom is -0.349 e. The first kappa shape index (κ1) is 16.3. The molecular weight excluding hydrogens is 321 g/mol. The molecule has 126 valence electrons. The Balaban J connectivity index is 1.90. The number of pyridine rings is 1. The van der Waals surface area contributed by atoms with Crippen molar-refractivity contribution in [2.45, 2.75) is 31.7 Å². The number of aryl methyl sites for hydroxylation is 1. The quantitative estimate of drug-likeness (QED) is 0.937. The van der Waals surface area contributed by atoms with Gasteiger partial charge in [-0.3, -0.25) is 14.2 Å². The van der Waals surface area contributed by atoms with E-state index in [1.165, 1.54) is 35.0 Å². The highest BCUT2D eigenvalue weighted by Gasteiger charge is 2.46. The van der Waals surface area contributed by atoms with Gasteiger partial charge in [0.05, 0.1) is 0 Å². The van der Waals surface area contributed by atoms with Gasteiger partial charge in [-0.2, -0.15) is 0 Å². The Hall–Kier alpha value is -2.57. The maximum absolute atomic E-state index is 13.0. The molecule has 0 aliphatic heterocycles. The smallest absolute Gasteiger partial charge is 0.268 e. The molecule has 2 aromatic rings. The van der Waals surface area contributed by atoms with Gasteiger partial charge in [0, 0.05) is 30.8 Å². The largest absolute Gasteiger partial charge is 0.349 e. The fourth-order valence-electron chi connectivity index (χ4n) is 2.73. The Bertz CT molecular complexity index is 836. The van der Waals surface area contributed by atoms with Crippen molar-refractivity contribution in [1.82, 2.24) is 9.88 Å². The Morgan fingerprint density at radius 3 is 2.42 bits per heavy atom. The summed E-state index contributed by atoms with van der Waals surface area (Å²) < 4.78 is 40.0. The van der Waals surface area contributed by atoms with Crippen molar-refractivity contribution in [1.29, 1.82) is 0 Å². The summed E-state index contributed by atoms with van der Waals surface area (Å²) in [7, 11) is 0. The molecule has 1 heterocycles. The molecule has 4 nitrogen and oxygen atoms in total. The third kappa shape index (κ3) is 3.06. The van der Waals surface area contributed by atoms with Crippen molar-refractivity contribution in [3.05, 3.63) is 63.8 Å². The summed E-state index contributed by atoms with van der Waals surface area (Å²) in [5.74, 6) is -3.87. The van der Waals surface area contributed by atoms with E-state index >= 15 is 0 Å². The fourth-order valence-corrected chi connectivity index (χ4v) is 2.73. The predicted molar refractivity (Wildman–Crippen MR) is 82.2 cm³/mol. The molecule has 1 N–H and O–H groups in total. The summed E-state index contributed by atoms with van der Waals surface area (Å²) in [6, 6.07) is 6.19. The lowest BCUT2D eigenvalue weighted by Crippen LogP contribution is -2.51. The van der Waals surface area contributed by atoms with Crippen LogP contribution in [0.4, 0.5) is 13.2 Å². The first-order valence-corrected chi connectivity index (χ1v) is 7.44. The van der Waals surface area contributed by atoms with Crippen molar-refractivity contribution in [3.63, 3.8) is 0 Å². The average molecular weight is 336 g/mol. The van der Waals surface area contributed by atoms with Gasteiger partial charge in [-0.15, -0.1) is 0 Å². The standard InChI is InChI=1S/C17H15F3N2O2/c1-10-6-7-22(13-4-2-11(18)3-5-13)16(24)14(10)15(23)21-12-8-17(19,20)9-12/h2-7,12H,8-9H2,1H3,(H,21,23). The van der Waals surface area contributed by atoms with Gasteiger partial charge in [0.15, 0.2) is 0 Å². The molecule has 0 saturated heterocycles. The third-order valence-corrected chi connectivity index (χ3v) is 4.06. The molecule has 3 rings (SSSR count). The number of halogens is 3. The monoisotopic (exact) mass is 336 g/mol. The van der Waals surface area contributed by atoms with Crippen LogP contribution in [0.5, 0.6) is 0 Å². The van der Waals surface area contributed by atoms with Gasteiger partial charge >= 0.3 is 0 Å². The van der Waals surface area contributed by atoms with E-state index in [2.05, 4.69) is 5.32 Å². The van der Waals surface area contributed by atoms with Gasteiger partial charge in [0.1, 0.15) is 11.4 Å². The molecule has 0 bridgehead atoms. The van der Waals surface area contributed by atoms with Crippen molar-refractivity contribution >= 4 is 5.91 Å². The van der Waals surface area contributed by atoms with Crippen molar-refractivity contribution in [2.75, 3.05) is 0 Å². The number of nitrogens with one attached hydrogen (secondary N) is 1. The lowest BCUT2D eigenvalue weighted by Gasteiger charge is -2.35. The summed E-state index contributed by atoms with van der Waals surface area (Å²) in [6.45, 7) is 1.60. The molecule has 7 heteroatoms. The van der Waals surface area contributed by atoms with E-state index in [4.69, 9.17) is 0 Å². The topological polar surface area (TPSA) is 51.1 Å². The Kier molecular flexibility index (Phi) is 3.95. The molecule has 0 spiro atoms. The van der Waals surface area contributed by atoms with Gasteiger partial charge in [-0.05, 0) is 42.8 Å². The van der Waals surface area contributed by atoms with Crippen LogP contribution < -0.4 is 10.9 Å². The zero-order valence-electron chi connectivity index (χ0n) is 12.9. The number of carbonyl (C=O) groups is 1. The van der Waals surface area contributed by atoms with Crippen LogP contribution in [0.15, 0.2) is 41.3 Å². The number of rotatable bonds is 3. The second kappa shape index (κ2) is 5.81. The average Bonchev–Trinajstić information content (AvgIpc) is 2.47. The van der Waals surface area contributed by atoms with E-state index in [0.717, 1.165) is 0 Å². The Morgan fingerprint density at radius 1 is 1.21 bits per heavy atom. The zero-order valence-corrected chi connectivity index (χ0v) is 12.9. The van der Waals surface area contributed by atoms with Crippen LogP contribution >= 0.6 is 0 Å². The van der Waals surface area contributed by atoms with E-state index in [9.17, 15) is 22.8 Å². The molecule has 24 heavy (non-hydrogen) atoms. The first-order valence-electron chi connectivity index (χ1n) is 7.44. The van der Waals surface area contributed by atoms with Crippen LogP contribution in [0.1, 0.15) is 28.8 Å². The van der Waals surface area contributed by atoms with Crippen molar-refractivity contribution in [3.8, 4) is 5.69 Å². The van der Waals surface area contributed by atoms with Crippen LogP contribution in [0.25, 0.3) is 5.69 Å². The molecule has 1 aromatic carbocycles. The summed E-state index contributed by atoms with van der Waals surface area (Å²) in [6.07, 6.45) is 0.646. The van der Waals surface area contributed by atoms with Gasteiger partial charge in [0.2, 0.25) is 0 Å². The van der Waals surface area contributed by atoms with Crippen molar-refractivity contribution < 1.29 is 18.0 Å². The third-order valence-electron chi connectivity index (χ3n) is 4.06. The highest BCUT2D eigenvalue weighted by Crippen LogP contribution is 2.37. The number of hydrogen-bond acceptors (Lipinski definition) is 2. The highest BCUT2D eigenvalue weighted by molar-refractivity contribution is 5.95. The maximum Gasteiger partial charge on any atom is 0.268 e. The number of amides is 1. The lowest BCUT2D eigenvalue weighted by atomic mass is 9.88. The summed E-state index contributed by atoms with van der Waals surface area (Å²) in [4.78, 5) is 24.9. The molecule has 1 aromatic heterocycles. The molecule has 1 aliphatic rings. The number of benzene rings is 1. The Morgan fingerprint density at radius 2 is 1.83 bits per heavy atom. The molecule has 1 saturated carbocycles. The molecule has 1 aliphatic carbocycles. The number of carbonyl (C=O) groups excluding carboxylic acids is 1. The summed E-state index contributed by atoms with van der Waals surface area (Å²) in [5, 5.41) is 2.47. The van der Waals surface area contributed by atoms with Crippen LogP contribution in [-0.2, 0) is 0 Å². The van der Waals surface area contributed by atoms with E-state index in [-0.39, 0.29) is 5.56 Å². The summed E-state index contributed by atoms with van der Waals surface area (Å²) >= 11 is 0. The first-order chi connectivity index (χ1) is 11.3. The van der Waals surface area contributed by atoms with Crippen LogP contribution in [0.3, 0.4) is 0 Å². The number of nitrogens with zero attached hydrogens (tertiary/aromatic N) is 1.